The zero-order valence-corrected chi connectivity index (χ0v) is 29.3. The molecule has 0 nitrogen and oxygen atoms in total. The number of fused-ring (bicyclic) bond motifs is 2. The summed E-state index contributed by atoms with van der Waals surface area (Å²) in [6.07, 6.45) is 12.6. The Balaban J connectivity index is 0. The van der Waals surface area contributed by atoms with E-state index in [9.17, 15) is 0 Å². The normalized spacial score (nSPS) is 9.84. The molecule has 206 valence electrons. The number of hydrogen-bond donors (Lipinski definition) is 0. The van der Waals surface area contributed by atoms with E-state index >= 15 is 0 Å². The largest absolute Gasteiger partial charge is 4.00 e. The van der Waals surface area contributed by atoms with E-state index in [1.807, 2.05) is 0 Å². The van der Waals surface area contributed by atoms with E-state index in [4.69, 9.17) is 0 Å². The van der Waals surface area contributed by atoms with Crippen molar-refractivity contribution >= 4 is 31.1 Å². The molecule has 2 heteroatoms. The molecule has 0 bridgehead atoms. The van der Waals surface area contributed by atoms with Crippen LogP contribution in [0.1, 0.15) is 88.5 Å². The van der Waals surface area contributed by atoms with E-state index in [0.717, 1.165) is 9.52 Å². The number of rotatable bonds is 10. The van der Waals surface area contributed by atoms with Crippen LogP contribution >= 0.6 is 0 Å². The van der Waals surface area contributed by atoms with Gasteiger partial charge in [-0.15, -0.1) is 81.2 Å². The summed E-state index contributed by atoms with van der Waals surface area (Å²) in [6.45, 7) is 13.4. The first-order valence-electron chi connectivity index (χ1n) is 14.1. The van der Waals surface area contributed by atoms with Crippen LogP contribution in [0.25, 0.3) is 21.5 Å². The molecule has 0 aliphatic carbocycles. The summed E-state index contributed by atoms with van der Waals surface area (Å²) in [5, 5.41) is 5.83. The summed E-state index contributed by atoms with van der Waals surface area (Å²) in [4.78, 5) is 0. The van der Waals surface area contributed by atoms with Crippen molar-refractivity contribution < 1.29 is 26.2 Å². The quantitative estimate of drug-likeness (QED) is 0.125. The molecular weight excluding hydrogens is 552 g/mol. The van der Waals surface area contributed by atoms with Gasteiger partial charge in [0.2, 0.25) is 0 Å². The summed E-state index contributed by atoms with van der Waals surface area (Å²) in [5.41, 5.74) is 6.38. The van der Waals surface area contributed by atoms with Crippen molar-refractivity contribution in [3.8, 4) is 0 Å². The summed E-state index contributed by atoms with van der Waals surface area (Å²) in [7, 11) is 1.08. The van der Waals surface area contributed by atoms with Gasteiger partial charge in [-0.2, -0.15) is 11.1 Å². The van der Waals surface area contributed by atoms with Crippen LogP contribution in [0.15, 0.2) is 60.7 Å². The summed E-state index contributed by atoms with van der Waals surface area (Å²) in [6, 6.07) is 22.4. The van der Waals surface area contributed by atoms with E-state index < -0.39 is 0 Å². The third-order valence-electron chi connectivity index (χ3n) is 6.61. The predicted molar refractivity (Wildman–Crippen MR) is 175 cm³/mol. The minimum atomic E-state index is 0. The Labute approximate surface area is 258 Å². The van der Waals surface area contributed by atoms with Gasteiger partial charge in [-0.25, -0.2) is 0 Å². The molecule has 2 radical (unpaired) electrons. The molecule has 0 unspecified atom stereocenters. The van der Waals surface area contributed by atoms with Gasteiger partial charge in [0, 0.05) is 9.52 Å². The van der Waals surface area contributed by atoms with Crippen molar-refractivity contribution in [3.63, 3.8) is 0 Å². The molecule has 0 amide bonds. The van der Waals surface area contributed by atoms with Crippen molar-refractivity contribution in [2.24, 2.45) is 0 Å². The second-order valence-corrected chi connectivity index (χ2v) is 10.7. The summed E-state index contributed by atoms with van der Waals surface area (Å²) >= 11 is 0. The molecule has 0 spiro atoms. The van der Waals surface area contributed by atoms with Crippen molar-refractivity contribution in [2.45, 2.75) is 105 Å². The van der Waals surface area contributed by atoms with Crippen molar-refractivity contribution in [3.05, 3.63) is 97.8 Å². The van der Waals surface area contributed by atoms with Crippen LogP contribution in [-0.2, 0) is 51.9 Å². The van der Waals surface area contributed by atoms with Gasteiger partial charge in [0.05, 0.1) is 0 Å². The predicted octanol–water partition coefficient (Wildman–Crippen LogP) is 11.4. The topological polar surface area (TPSA) is 0 Å². The Bertz CT molecular complexity index is 1010. The Morgan fingerprint density at radius 1 is 0.553 bits per heavy atom. The SMILES string of the molecule is CCCCc1c(CCC)[cH-]c2ccccc12.CCCCc1c(CCC)[cH-]c2ccccc12.C[Si]C.[CH3-].[CH3-].[Zr+4]. The van der Waals surface area contributed by atoms with Crippen LogP contribution in [0.2, 0.25) is 13.1 Å². The molecular formula is C36H54SiZr. The molecule has 0 saturated heterocycles. The summed E-state index contributed by atoms with van der Waals surface area (Å²) < 4.78 is 0. The van der Waals surface area contributed by atoms with Gasteiger partial charge in [-0.05, 0) is 12.8 Å². The molecule has 0 aliphatic heterocycles. The fourth-order valence-corrected chi connectivity index (χ4v) is 4.97. The van der Waals surface area contributed by atoms with E-state index in [0.29, 0.717) is 0 Å². The Kier molecular flexibility index (Phi) is 23.1. The smallest absolute Gasteiger partial charge is 0.358 e. The molecule has 0 atom stereocenters. The zero-order chi connectivity index (χ0) is 25.5. The number of unbranched alkanes of at least 4 members (excludes halogenated alkanes) is 2. The van der Waals surface area contributed by atoms with E-state index in [2.05, 4.69) is 101 Å². The molecule has 4 rings (SSSR count). The fraction of sp³-hybridized carbons (Fsp3) is 0.444. The third-order valence-corrected chi connectivity index (χ3v) is 6.61. The molecule has 38 heavy (non-hydrogen) atoms. The Morgan fingerprint density at radius 2 is 0.895 bits per heavy atom. The van der Waals surface area contributed by atoms with Gasteiger partial charge in [0.1, 0.15) is 0 Å². The molecule has 0 saturated carbocycles. The minimum absolute atomic E-state index is 0. The van der Waals surface area contributed by atoms with Crippen molar-refractivity contribution in [1.82, 2.24) is 0 Å². The van der Waals surface area contributed by atoms with Crippen LogP contribution < -0.4 is 0 Å². The second kappa shape index (κ2) is 22.6. The maximum Gasteiger partial charge on any atom is 4.00 e. The minimum Gasteiger partial charge on any atom is -0.358 e. The monoisotopic (exact) mass is 604 g/mol. The van der Waals surface area contributed by atoms with Crippen LogP contribution in [-0.4, -0.2) is 9.52 Å². The number of benzene rings is 2. The first-order chi connectivity index (χ1) is 17.1. The van der Waals surface area contributed by atoms with Gasteiger partial charge in [-0.1, -0.05) is 104 Å². The van der Waals surface area contributed by atoms with E-state index in [-0.39, 0.29) is 41.1 Å². The molecule has 4 aromatic carbocycles. The van der Waals surface area contributed by atoms with E-state index in [1.54, 1.807) is 22.3 Å². The number of hydrogen-bond acceptors (Lipinski definition) is 0. The van der Waals surface area contributed by atoms with Gasteiger partial charge in [-0.3, -0.25) is 0 Å². The van der Waals surface area contributed by atoms with Gasteiger partial charge >= 0.3 is 26.2 Å². The zero-order valence-electron chi connectivity index (χ0n) is 25.8. The Morgan fingerprint density at radius 3 is 1.21 bits per heavy atom. The standard InChI is InChI=1S/2C16H21.C2H6Si.2CH3.Zr/c2*1-3-5-10-15-13(8-4-2)12-14-9-6-7-11-16(14)15;1-3-2;;;/h2*6-7,9,11-12H,3-5,8,10H2,1-2H3;1-2H3;2*1H3;/q2*-1;;2*-1;+4. The maximum absolute atomic E-state index is 2.39. The molecule has 0 fully saturated rings. The molecule has 0 N–H and O–H groups in total. The van der Waals surface area contributed by atoms with Crippen LogP contribution in [0.4, 0.5) is 0 Å². The third kappa shape index (κ3) is 11.5. The molecule has 0 heterocycles. The van der Waals surface area contributed by atoms with Crippen molar-refractivity contribution in [2.75, 3.05) is 0 Å². The maximum atomic E-state index is 2.39. The Hall–Kier alpha value is -1.24. The average Bonchev–Trinajstić information content (AvgIpc) is 3.40. The van der Waals surface area contributed by atoms with Crippen LogP contribution in [0, 0.1) is 14.9 Å². The number of aryl methyl sites for hydroxylation is 4. The molecule has 4 aromatic rings. The van der Waals surface area contributed by atoms with Crippen LogP contribution in [0.3, 0.4) is 0 Å². The molecule has 0 aliphatic rings. The average molecular weight is 606 g/mol. The van der Waals surface area contributed by atoms with Crippen molar-refractivity contribution in [1.29, 1.82) is 0 Å². The second-order valence-electron chi connectivity index (χ2n) is 9.68. The first kappa shape index (κ1) is 38.9. The van der Waals surface area contributed by atoms with E-state index in [1.165, 1.54) is 85.8 Å². The van der Waals surface area contributed by atoms with Gasteiger partial charge < -0.3 is 14.9 Å². The van der Waals surface area contributed by atoms with Gasteiger partial charge in [0.15, 0.2) is 0 Å². The fourth-order valence-electron chi connectivity index (χ4n) is 4.97. The summed E-state index contributed by atoms with van der Waals surface area (Å²) in [5.74, 6) is 0. The van der Waals surface area contributed by atoms with Gasteiger partial charge in [0.25, 0.3) is 0 Å². The van der Waals surface area contributed by atoms with Crippen LogP contribution in [0.5, 0.6) is 0 Å². The first-order valence-corrected chi connectivity index (χ1v) is 16.1. The molecule has 0 aromatic heterocycles.